The number of hydrogen-bond acceptors (Lipinski definition) is 3. The molecule has 0 atom stereocenters. The van der Waals surface area contributed by atoms with Crippen molar-refractivity contribution in [3.05, 3.63) is 65.0 Å². The van der Waals surface area contributed by atoms with Crippen molar-refractivity contribution < 1.29 is 9.90 Å². The number of aromatic nitrogens is 1. The quantitative estimate of drug-likeness (QED) is 0.889. The minimum absolute atomic E-state index is 0.00145. The number of benzene rings is 1. The first-order valence-electron chi connectivity index (χ1n) is 5.37. The highest BCUT2D eigenvalue weighted by molar-refractivity contribution is 5.90. The molecule has 0 bridgehead atoms. The second kappa shape index (κ2) is 5.11. The van der Waals surface area contributed by atoms with Gasteiger partial charge in [-0.05, 0) is 11.6 Å². The molecule has 0 amide bonds. The first-order valence-corrected chi connectivity index (χ1v) is 5.37. The molecule has 0 saturated heterocycles. The van der Waals surface area contributed by atoms with Crippen molar-refractivity contribution in [3.8, 4) is 6.07 Å². The number of nitriles is 1. The average molecular weight is 238 g/mol. The van der Waals surface area contributed by atoms with E-state index in [1.54, 1.807) is 0 Å². The Morgan fingerprint density at radius 1 is 1.33 bits per heavy atom. The van der Waals surface area contributed by atoms with Crippen LogP contribution in [0.2, 0.25) is 0 Å². The summed E-state index contributed by atoms with van der Waals surface area (Å²) in [5.41, 5.74) is 1.77. The van der Waals surface area contributed by atoms with Gasteiger partial charge in [0.1, 0.15) is 6.07 Å². The normalized spacial score (nSPS) is 9.72. The van der Waals surface area contributed by atoms with Crippen molar-refractivity contribution in [2.45, 2.75) is 6.42 Å². The van der Waals surface area contributed by atoms with Gasteiger partial charge in [0, 0.05) is 18.3 Å². The van der Waals surface area contributed by atoms with Gasteiger partial charge in [0.2, 0.25) is 0 Å². The third-order valence-electron chi connectivity index (χ3n) is 2.54. The minimum Gasteiger partial charge on any atom is -0.478 e. The van der Waals surface area contributed by atoms with Crippen LogP contribution < -0.4 is 0 Å². The standard InChI is InChI=1S/C14H10N2O2/c15-8-11-9-16-12(7-13(11)14(17)18)6-10-4-2-1-3-5-10/h1-5,7,9H,6H2,(H,17,18). The van der Waals surface area contributed by atoms with Gasteiger partial charge in [-0.2, -0.15) is 5.26 Å². The average Bonchev–Trinajstić information content (AvgIpc) is 2.40. The van der Waals surface area contributed by atoms with E-state index in [0.717, 1.165) is 5.56 Å². The number of aromatic carboxylic acids is 1. The van der Waals surface area contributed by atoms with E-state index in [1.807, 2.05) is 36.4 Å². The molecular formula is C14H10N2O2. The molecule has 18 heavy (non-hydrogen) atoms. The zero-order valence-corrected chi connectivity index (χ0v) is 9.50. The van der Waals surface area contributed by atoms with E-state index in [0.29, 0.717) is 12.1 Å². The van der Waals surface area contributed by atoms with Gasteiger partial charge in [0.25, 0.3) is 0 Å². The van der Waals surface area contributed by atoms with Gasteiger partial charge in [-0.15, -0.1) is 0 Å². The molecule has 0 aliphatic carbocycles. The van der Waals surface area contributed by atoms with Crippen molar-refractivity contribution in [3.63, 3.8) is 0 Å². The molecule has 0 spiro atoms. The van der Waals surface area contributed by atoms with Crippen LogP contribution in [0.4, 0.5) is 0 Å². The maximum absolute atomic E-state index is 11.0. The molecule has 2 aromatic rings. The fourth-order valence-corrected chi connectivity index (χ4v) is 1.67. The summed E-state index contributed by atoms with van der Waals surface area (Å²) in [4.78, 5) is 15.1. The van der Waals surface area contributed by atoms with Crippen molar-refractivity contribution in [1.29, 1.82) is 5.26 Å². The topological polar surface area (TPSA) is 74.0 Å². The summed E-state index contributed by atoms with van der Waals surface area (Å²) in [5, 5.41) is 17.8. The molecule has 0 aliphatic rings. The Morgan fingerprint density at radius 2 is 2.06 bits per heavy atom. The molecule has 4 nitrogen and oxygen atoms in total. The lowest BCUT2D eigenvalue weighted by Crippen LogP contribution is -2.04. The Kier molecular flexibility index (Phi) is 3.35. The first kappa shape index (κ1) is 11.8. The zero-order chi connectivity index (χ0) is 13.0. The summed E-state index contributed by atoms with van der Waals surface area (Å²) >= 11 is 0. The van der Waals surface area contributed by atoms with Crippen molar-refractivity contribution in [1.82, 2.24) is 4.98 Å². The third kappa shape index (κ3) is 2.53. The van der Waals surface area contributed by atoms with Crippen LogP contribution in [0.5, 0.6) is 0 Å². The van der Waals surface area contributed by atoms with Crippen LogP contribution in [0.25, 0.3) is 0 Å². The largest absolute Gasteiger partial charge is 0.478 e. The molecule has 0 aliphatic heterocycles. The van der Waals surface area contributed by atoms with Gasteiger partial charge in [0.15, 0.2) is 0 Å². The molecule has 2 rings (SSSR count). The SMILES string of the molecule is N#Cc1cnc(Cc2ccccc2)cc1C(=O)O. The lowest BCUT2D eigenvalue weighted by atomic mass is 10.1. The van der Waals surface area contributed by atoms with E-state index < -0.39 is 5.97 Å². The van der Waals surface area contributed by atoms with Crippen molar-refractivity contribution in [2.75, 3.05) is 0 Å². The first-order chi connectivity index (χ1) is 8.70. The number of carbonyl (C=O) groups is 1. The summed E-state index contributed by atoms with van der Waals surface area (Å²) in [6.45, 7) is 0. The highest BCUT2D eigenvalue weighted by atomic mass is 16.4. The van der Waals surface area contributed by atoms with Crippen LogP contribution in [0.3, 0.4) is 0 Å². The van der Waals surface area contributed by atoms with Crippen molar-refractivity contribution >= 4 is 5.97 Å². The summed E-state index contributed by atoms with van der Waals surface area (Å²) in [7, 11) is 0. The van der Waals surface area contributed by atoms with Crippen molar-refractivity contribution in [2.24, 2.45) is 0 Å². The van der Waals surface area contributed by atoms with Gasteiger partial charge < -0.3 is 5.11 Å². The van der Waals surface area contributed by atoms with Crippen LogP contribution >= 0.6 is 0 Å². The van der Waals surface area contributed by atoms with Crippen LogP contribution in [-0.4, -0.2) is 16.1 Å². The monoisotopic (exact) mass is 238 g/mol. The lowest BCUT2D eigenvalue weighted by Gasteiger charge is -2.03. The maximum atomic E-state index is 11.0. The number of hydrogen-bond donors (Lipinski definition) is 1. The van der Waals surface area contributed by atoms with Crippen LogP contribution in [0, 0.1) is 11.3 Å². The second-order valence-electron chi connectivity index (χ2n) is 3.80. The van der Waals surface area contributed by atoms with Crippen LogP contribution in [0.15, 0.2) is 42.6 Å². The van der Waals surface area contributed by atoms with E-state index in [-0.39, 0.29) is 11.1 Å². The zero-order valence-electron chi connectivity index (χ0n) is 9.50. The molecule has 88 valence electrons. The number of nitrogens with zero attached hydrogens (tertiary/aromatic N) is 2. The summed E-state index contributed by atoms with van der Waals surface area (Å²) < 4.78 is 0. The minimum atomic E-state index is -1.11. The van der Waals surface area contributed by atoms with E-state index in [9.17, 15) is 4.79 Å². The summed E-state index contributed by atoms with van der Waals surface area (Å²) in [6.07, 6.45) is 1.86. The van der Waals surface area contributed by atoms with Gasteiger partial charge >= 0.3 is 5.97 Å². The predicted molar refractivity (Wildman–Crippen MR) is 65.2 cm³/mol. The Balaban J connectivity index is 2.34. The lowest BCUT2D eigenvalue weighted by molar-refractivity contribution is 0.0696. The summed E-state index contributed by atoms with van der Waals surface area (Å²) in [6, 6.07) is 12.9. The van der Waals surface area contributed by atoms with E-state index >= 15 is 0 Å². The highest BCUT2D eigenvalue weighted by Gasteiger charge is 2.11. The Bertz CT molecular complexity index is 615. The van der Waals surface area contributed by atoms with Gasteiger partial charge in [-0.1, -0.05) is 30.3 Å². The third-order valence-corrected chi connectivity index (χ3v) is 2.54. The van der Waals surface area contributed by atoms with Crippen LogP contribution in [0.1, 0.15) is 27.2 Å². The molecule has 0 radical (unpaired) electrons. The number of pyridine rings is 1. The Labute approximate surface area is 104 Å². The second-order valence-corrected chi connectivity index (χ2v) is 3.80. The molecular weight excluding hydrogens is 228 g/mol. The Hall–Kier alpha value is -2.67. The Morgan fingerprint density at radius 3 is 2.67 bits per heavy atom. The van der Waals surface area contributed by atoms with E-state index in [4.69, 9.17) is 10.4 Å². The molecule has 1 N–H and O–H groups in total. The molecule has 0 saturated carbocycles. The fraction of sp³-hybridized carbons (Fsp3) is 0.0714. The maximum Gasteiger partial charge on any atom is 0.337 e. The van der Waals surface area contributed by atoms with E-state index in [2.05, 4.69) is 4.98 Å². The van der Waals surface area contributed by atoms with Gasteiger partial charge in [0.05, 0.1) is 11.1 Å². The number of carboxylic acid groups (broad SMARTS) is 1. The molecule has 4 heteroatoms. The number of rotatable bonds is 3. The fourth-order valence-electron chi connectivity index (χ4n) is 1.67. The molecule has 0 fully saturated rings. The van der Waals surface area contributed by atoms with Gasteiger partial charge in [-0.3, -0.25) is 4.98 Å². The van der Waals surface area contributed by atoms with E-state index in [1.165, 1.54) is 12.3 Å². The van der Waals surface area contributed by atoms with Gasteiger partial charge in [-0.25, -0.2) is 4.79 Å². The predicted octanol–water partition coefficient (Wildman–Crippen LogP) is 2.24. The number of carboxylic acids is 1. The smallest absolute Gasteiger partial charge is 0.337 e. The highest BCUT2D eigenvalue weighted by Crippen LogP contribution is 2.12. The molecule has 1 heterocycles. The molecule has 0 unspecified atom stereocenters. The molecule has 1 aromatic heterocycles. The van der Waals surface area contributed by atoms with Crippen LogP contribution in [-0.2, 0) is 6.42 Å². The molecule has 1 aromatic carbocycles. The summed E-state index contributed by atoms with van der Waals surface area (Å²) in [5.74, 6) is -1.11.